The van der Waals surface area contributed by atoms with Gasteiger partial charge in [-0.15, -0.1) is 0 Å². The molecule has 0 saturated carbocycles. The van der Waals surface area contributed by atoms with Crippen LogP contribution in [0.25, 0.3) is 0 Å². The number of likely N-dealkylation sites (tertiary alicyclic amines) is 1. The molecule has 1 aromatic carbocycles. The van der Waals surface area contributed by atoms with Gasteiger partial charge in [-0.05, 0) is 37.1 Å². The van der Waals surface area contributed by atoms with Crippen molar-refractivity contribution in [3.63, 3.8) is 0 Å². The maximum Gasteiger partial charge on any atom is 0.253 e. The minimum Gasteiger partial charge on any atom is -0.391 e. The van der Waals surface area contributed by atoms with Crippen molar-refractivity contribution in [3.05, 3.63) is 33.8 Å². The fraction of sp³-hybridized carbons (Fsp3) is 0.417. The maximum atomic E-state index is 12.1. The van der Waals surface area contributed by atoms with Crippen molar-refractivity contribution in [1.82, 2.24) is 4.90 Å². The van der Waals surface area contributed by atoms with Gasteiger partial charge in [0.2, 0.25) is 0 Å². The van der Waals surface area contributed by atoms with Crippen LogP contribution in [0.15, 0.2) is 22.7 Å². The second-order valence-corrected chi connectivity index (χ2v) is 5.01. The van der Waals surface area contributed by atoms with Gasteiger partial charge in [-0.3, -0.25) is 4.79 Å². The summed E-state index contributed by atoms with van der Waals surface area (Å²) in [6.07, 6.45) is 0.321. The number of carbonyl (C=O) groups excluding carboxylic acids is 1. The van der Waals surface area contributed by atoms with Gasteiger partial charge in [-0.2, -0.15) is 0 Å². The molecule has 86 valence electrons. The van der Waals surface area contributed by atoms with Crippen LogP contribution in [0.3, 0.4) is 0 Å². The number of amides is 1. The first-order valence-corrected chi connectivity index (χ1v) is 6.10. The Hall–Kier alpha value is -0.870. The Bertz CT molecular complexity index is 419. The average Bonchev–Trinajstić information content (AvgIpc) is 2.68. The fourth-order valence-corrected chi connectivity index (χ4v) is 2.13. The average molecular weight is 284 g/mol. The number of aryl methyl sites for hydroxylation is 1. The Morgan fingerprint density at radius 1 is 1.56 bits per heavy atom. The molecule has 2 rings (SSSR count). The highest BCUT2D eigenvalue weighted by molar-refractivity contribution is 9.10. The largest absolute Gasteiger partial charge is 0.391 e. The summed E-state index contributed by atoms with van der Waals surface area (Å²) in [5.74, 6) is 0.00662. The van der Waals surface area contributed by atoms with Gasteiger partial charge < -0.3 is 10.0 Å². The summed E-state index contributed by atoms with van der Waals surface area (Å²) >= 11 is 3.41. The summed E-state index contributed by atoms with van der Waals surface area (Å²) < 4.78 is 1.01. The number of aliphatic hydroxyl groups excluding tert-OH is 1. The van der Waals surface area contributed by atoms with E-state index in [0.717, 1.165) is 10.0 Å². The van der Waals surface area contributed by atoms with E-state index in [4.69, 9.17) is 0 Å². The number of aliphatic hydroxyl groups is 1. The summed E-state index contributed by atoms with van der Waals surface area (Å²) in [6, 6.07) is 5.57. The molecule has 1 saturated heterocycles. The van der Waals surface area contributed by atoms with Crippen molar-refractivity contribution in [2.45, 2.75) is 19.4 Å². The fourth-order valence-electron chi connectivity index (χ4n) is 1.89. The van der Waals surface area contributed by atoms with Crippen molar-refractivity contribution in [1.29, 1.82) is 0 Å². The zero-order valence-electron chi connectivity index (χ0n) is 9.11. The minimum atomic E-state index is -0.361. The summed E-state index contributed by atoms with van der Waals surface area (Å²) in [5, 5.41) is 9.39. The number of hydrogen-bond acceptors (Lipinski definition) is 2. The van der Waals surface area contributed by atoms with E-state index in [2.05, 4.69) is 15.9 Å². The van der Waals surface area contributed by atoms with Gasteiger partial charge in [0.15, 0.2) is 0 Å². The maximum absolute atomic E-state index is 12.1. The van der Waals surface area contributed by atoms with Crippen molar-refractivity contribution < 1.29 is 9.90 Å². The molecule has 1 heterocycles. The molecule has 0 spiro atoms. The van der Waals surface area contributed by atoms with Gasteiger partial charge in [0.1, 0.15) is 0 Å². The highest BCUT2D eigenvalue weighted by Gasteiger charge is 2.25. The third kappa shape index (κ3) is 2.28. The minimum absolute atomic E-state index is 0.00662. The number of nitrogens with zero attached hydrogens (tertiary/aromatic N) is 1. The molecule has 0 aliphatic carbocycles. The summed E-state index contributed by atoms with van der Waals surface area (Å²) in [7, 11) is 0. The van der Waals surface area contributed by atoms with E-state index in [1.807, 2.05) is 25.1 Å². The topological polar surface area (TPSA) is 40.5 Å². The standard InChI is InChI=1S/C12H14BrNO2/c1-8-6-9(2-3-11(8)13)12(16)14-5-4-10(15)7-14/h2-3,6,10,15H,4-5,7H2,1H3/t10-/m1/s1. The van der Waals surface area contributed by atoms with E-state index < -0.39 is 0 Å². The molecule has 0 aromatic heterocycles. The van der Waals surface area contributed by atoms with E-state index in [1.54, 1.807) is 4.90 Å². The molecule has 3 nitrogen and oxygen atoms in total. The number of β-amino-alcohol motifs (C(OH)–C–C–N with tert-alkyl or cyclic N) is 1. The van der Waals surface area contributed by atoms with Gasteiger partial charge in [0.05, 0.1) is 6.10 Å². The van der Waals surface area contributed by atoms with E-state index >= 15 is 0 Å². The van der Waals surface area contributed by atoms with Crippen molar-refractivity contribution in [3.8, 4) is 0 Å². The van der Waals surface area contributed by atoms with Crippen LogP contribution >= 0.6 is 15.9 Å². The van der Waals surface area contributed by atoms with Gasteiger partial charge in [0, 0.05) is 23.1 Å². The lowest BCUT2D eigenvalue weighted by atomic mass is 10.1. The van der Waals surface area contributed by atoms with Gasteiger partial charge in [-0.1, -0.05) is 15.9 Å². The number of hydrogen-bond donors (Lipinski definition) is 1. The number of carbonyl (C=O) groups is 1. The summed E-state index contributed by atoms with van der Waals surface area (Å²) in [4.78, 5) is 13.8. The quantitative estimate of drug-likeness (QED) is 0.856. The molecule has 0 bridgehead atoms. The molecule has 1 N–H and O–H groups in total. The van der Waals surface area contributed by atoms with Crippen LogP contribution < -0.4 is 0 Å². The molecular formula is C12H14BrNO2. The smallest absolute Gasteiger partial charge is 0.253 e. The highest BCUT2D eigenvalue weighted by Crippen LogP contribution is 2.19. The second kappa shape index (κ2) is 4.55. The van der Waals surface area contributed by atoms with Gasteiger partial charge in [-0.25, -0.2) is 0 Å². The van der Waals surface area contributed by atoms with Crippen LogP contribution in [0.5, 0.6) is 0 Å². The summed E-state index contributed by atoms with van der Waals surface area (Å²) in [5.41, 5.74) is 1.74. The monoisotopic (exact) mass is 283 g/mol. The number of benzene rings is 1. The molecule has 1 amide bonds. The van der Waals surface area contributed by atoms with Crippen LogP contribution in [-0.4, -0.2) is 35.1 Å². The molecule has 0 radical (unpaired) electrons. The second-order valence-electron chi connectivity index (χ2n) is 4.16. The Morgan fingerprint density at radius 2 is 2.31 bits per heavy atom. The molecule has 1 aliphatic rings. The Labute approximate surface area is 103 Å². The first-order chi connectivity index (χ1) is 7.58. The third-order valence-electron chi connectivity index (χ3n) is 2.86. The van der Waals surface area contributed by atoms with Crippen LogP contribution in [0.2, 0.25) is 0 Å². The molecule has 1 atom stereocenters. The molecule has 1 fully saturated rings. The predicted octanol–water partition coefficient (Wildman–Crippen LogP) is 1.96. The third-order valence-corrected chi connectivity index (χ3v) is 3.75. The number of halogens is 1. The first-order valence-electron chi connectivity index (χ1n) is 5.31. The van der Waals surface area contributed by atoms with E-state index in [9.17, 15) is 9.90 Å². The zero-order chi connectivity index (χ0) is 11.7. The molecule has 0 unspecified atom stereocenters. The van der Waals surface area contributed by atoms with Crippen molar-refractivity contribution >= 4 is 21.8 Å². The number of rotatable bonds is 1. The van der Waals surface area contributed by atoms with E-state index in [0.29, 0.717) is 25.1 Å². The van der Waals surface area contributed by atoms with E-state index in [1.165, 1.54) is 0 Å². The normalized spacial score (nSPS) is 20.2. The zero-order valence-corrected chi connectivity index (χ0v) is 10.7. The molecule has 4 heteroatoms. The van der Waals surface area contributed by atoms with Gasteiger partial charge in [0.25, 0.3) is 5.91 Å². The van der Waals surface area contributed by atoms with Crippen molar-refractivity contribution in [2.24, 2.45) is 0 Å². The van der Waals surface area contributed by atoms with Crippen LogP contribution in [0, 0.1) is 6.92 Å². The lowest BCUT2D eigenvalue weighted by Crippen LogP contribution is -2.29. The van der Waals surface area contributed by atoms with Crippen LogP contribution in [-0.2, 0) is 0 Å². The Morgan fingerprint density at radius 3 is 2.88 bits per heavy atom. The SMILES string of the molecule is Cc1cc(C(=O)N2CC[C@@H](O)C2)ccc1Br. The molecule has 1 aromatic rings. The Balaban J connectivity index is 2.18. The van der Waals surface area contributed by atoms with Gasteiger partial charge >= 0.3 is 0 Å². The lowest BCUT2D eigenvalue weighted by Gasteiger charge is -2.15. The van der Waals surface area contributed by atoms with Crippen LogP contribution in [0.1, 0.15) is 22.3 Å². The summed E-state index contributed by atoms with van der Waals surface area (Å²) in [6.45, 7) is 3.06. The first kappa shape index (κ1) is 11.6. The van der Waals surface area contributed by atoms with Crippen molar-refractivity contribution in [2.75, 3.05) is 13.1 Å². The predicted molar refractivity (Wildman–Crippen MR) is 65.4 cm³/mol. The lowest BCUT2D eigenvalue weighted by molar-refractivity contribution is 0.0765. The molecular weight excluding hydrogens is 270 g/mol. The Kier molecular flexibility index (Phi) is 3.30. The molecule has 1 aliphatic heterocycles. The highest BCUT2D eigenvalue weighted by atomic mass is 79.9. The molecule has 16 heavy (non-hydrogen) atoms. The van der Waals surface area contributed by atoms with E-state index in [-0.39, 0.29) is 12.0 Å². The van der Waals surface area contributed by atoms with Crippen LogP contribution in [0.4, 0.5) is 0 Å².